The molecule has 0 aliphatic heterocycles. The lowest BCUT2D eigenvalue weighted by Crippen LogP contribution is -2.07. The maximum absolute atomic E-state index is 13.1. The molecule has 24 heavy (non-hydrogen) atoms. The molecule has 0 aliphatic rings. The summed E-state index contributed by atoms with van der Waals surface area (Å²) >= 11 is 21.9. The van der Waals surface area contributed by atoms with Gasteiger partial charge in [-0.2, -0.15) is 9.49 Å². The molecular weight excluding hydrogens is 468 g/mol. The van der Waals surface area contributed by atoms with Crippen molar-refractivity contribution in [2.75, 3.05) is 0 Å². The highest BCUT2D eigenvalue weighted by Gasteiger charge is 2.65. The van der Waals surface area contributed by atoms with Gasteiger partial charge in [0.25, 0.3) is 0 Å². The molecule has 0 spiro atoms. The first-order valence-corrected chi connectivity index (χ1v) is 9.79. The predicted molar refractivity (Wildman–Crippen MR) is 86.4 cm³/mol. The topological polar surface area (TPSA) is 17.8 Å². The zero-order valence-electron chi connectivity index (χ0n) is 10.8. The first kappa shape index (κ1) is 20.2. The van der Waals surface area contributed by atoms with Crippen molar-refractivity contribution in [2.24, 2.45) is 0 Å². The standard InChI is InChI=1S/C10H4Cl4F6N2S2/c11-6-3-5(24(16,17,18,19)20)4-7(12)9(6)22-2-1-8(21-22)23-10(13,14)15/h1-4H. The van der Waals surface area contributed by atoms with Gasteiger partial charge in [-0.15, -0.1) is 0 Å². The summed E-state index contributed by atoms with van der Waals surface area (Å²) in [4.78, 5) is -2.24. The smallest absolute Gasteiger partial charge is 0.237 e. The van der Waals surface area contributed by atoms with Gasteiger partial charge in [0, 0.05) is 6.20 Å². The summed E-state index contributed by atoms with van der Waals surface area (Å²) in [5.74, 6) is 0. The molecule has 0 aliphatic carbocycles. The highest BCUT2D eigenvalue weighted by atomic mass is 35.5. The summed E-state index contributed by atoms with van der Waals surface area (Å²) in [7, 11) is -9.95. The average Bonchev–Trinajstić information content (AvgIpc) is 2.70. The van der Waals surface area contributed by atoms with E-state index in [1.54, 1.807) is 0 Å². The van der Waals surface area contributed by atoms with Gasteiger partial charge in [-0.05, 0) is 30.0 Å². The molecule has 0 unspecified atom stereocenters. The molecule has 1 aromatic heterocycles. The van der Waals surface area contributed by atoms with Crippen LogP contribution in [0, 0.1) is 0 Å². The lowest BCUT2D eigenvalue weighted by molar-refractivity contribution is 0.364. The molecule has 14 heteroatoms. The monoisotopic (exact) mass is 470 g/mol. The third kappa shape index (κ3) is 4.95. The quantitative estimate of drug-likeness (QED) is 0.255. The molecule has 0 radical (unpaired) electrons. The predicted octanol–water partition coefficient (Wildman–Crippen LogP) is 7.99. The van der Waals surface area contributed by atoms with Crippen molar-refractivity contribution in [3.05, 3.63) is 34.4 Å². The molecule has 0 N–H and O–H groups in total. The highest BCUT2D eigenvalue weighted by Crippen LogP contribution is 3.02. The number of benzene rings is 1. The van der Waals surface area contributed by atoms with Crippen LogP contribution in [0.4, 0.5) is 23.8 Å². The van der Waals surface area contributed by atoms with Crippen molar-refractivity contribution in [1.29, 1.82) is 0 Å². The van der Waals surface area contributed by atoms with Crippen molar-refractivity contribution in [3.8, 4) is 5.69 Å². The van der Waals surface area contributed by atoms with E-state index in [1.807, 2.05) is 0 Å². The summed E-state index contributed by atoms with van der Waals surface area (Å²) in [5.41, 5.74) is -0.301. The van der Waals surface area contributed by atoms with Gasteiger partial charge in [-0.1, -0.05) is 65.8 Å². The van der Waals surface area contributed by atoms with E-state index in [4.69, 9.17) is 46.4 Å². The fraction of sp³-hybridized carbons (Fsp3) is 0.100. The Bertz CT molecular complexity index is 779. The zero-order valence-corrected chi connectivity index (χ0v) is 15.5. The Labute approximate surface area is 155 Å². The van der Waals surface area contributed by atoms with Gasteiger partial charge >= 0.3 is 14.1 Å². The van der Waals surface area contributed by atoms with Crippen molar-refractivity contribution in [1.82, 2.24) is 9.78 Å². The maximum atomic E-state index is 13.1. The lowest BCUT2D eigenvalue weighted by Gasteiger charge is -2.40. The van der Waals surface area contributed by atoms with E-state index in [2.05, 4.69) is 5.10 Å². The number of rotatable bonds is 4. The Hall–Kier alpha value is -0.130. The maximum Gasteiger partial charge on any atom is 0.310 e. The first-order chi connectivity index (χ1) is 10.5. The van der Waals surface area contributed by atoms with Crippen LogP contribution in [0.15, 0.2) is 34.3 Å². The molecule has 0 bridgehead atoms. The van der Waals surface area contributed by atoms with Crippen LogP contribution >= 0.6 is 68.4 Å². The van der Waals surface area contributed by atoms with Crippen LogP contribution in [-0.2, 0) is 0 Å². The number of hydrogen-bond donors (Lipinski definition) is 0. The summed E-state index contributed by atoms with van der Waals surface area (Å²) in [6.45, 7) is 0. The summed E-state index contributed by atoms with van der Waals surface area (Å²) in [5, 5.41) is 2.25. The van der Waals surface area contributed by atoms with E-state index in [1.165, 1.54) is 6.07 Å². The lowest BCUT2D eigenvalue weighted by atomic mass is 10.3. The van der Waals surface area contributed by atoms with Gasteiger partial charge in [0.1, 0.15) is 15.6 Å². The summed E-state index contributed by atoms with van der Waals surface area (Å²) in [6.07, 6.45) is 1.16. The second kappa shape index (κ2) is 5.43. The van der Waals surface area contributed by atoms with Gasteiger partial charge < -0.3 is 0 Å². The van der Waals surface area contributed by atoms with E-state index in [0.717, 1.165) is 10.9 Å². The SMILES string of the molecule is FC(Cl)(Cl)Sc1ccn(-c2c(Cl)cc(S(F)(F)(F)(F)F)cc2Cl)n1. The van der Waals surface area contributed by atoms with Crippen LogP contribution in [0.25, 0.3) is 5.69 Å². The number of halogens is 10. The summed E-state index contributed by atoms with van der Waals surface area (Å²) < 4.78 is 75.4. The molecule has 0 amide bonds. The van der Waals surface area contributed by atoms with Gasteiger partial charge in [0.05, 0.1) is 10.0 Å². The number of nitrogens with zero attached hydrogens (tertiary/aromatic N) is 2. The molecule has 0 atom stereocenters. The van der Waals surface area contributed by atoms with Gasteiger partial charge in [0.15, 0.2) is 0 Å². The van der Waals surface area contributed by atoms with Crippen molar-refractivity contribution in [3.63, 3.8) is 0 Å². The average molecular weight is 472 g/mol. The van der Waals surface area contributed by atoms with E-state index < -0.39 is 29.1 Å². The molecular formula is C10H4Cl4F6N2S2. The molecule has 2 nitrogen and oxygen atoms in total. The minimum Gasteiger partial charge on any atom is -0.237 e. The number of hydrogen-bond acceptors (Lipinski definition) is 2. The van der Waals surface area contributed by atoms with Gasteiger partial charge in [0.2, 0.25) is 0 Å². The Morgan fingerprint density at radius 3 is 1.96 bits per heavy atom. The van der Waals surface area contributed by atoms with E-state index in [9.17, 15) is 23.8 Å². The number of aromatic nitrogens is 2. The zero-order chi connectivity index (χ0) is 18.6. The first-order valence-electron chi connectivity index (χ1n) is 5.51. The molecule has 2 aromatic rings. The molecule has 2 rings (SSSR count). The molecule has 1 heterocycles. The second-order valence-corrected chi connectivity index (χ2v) is 10.4. The second-order valence-electron chi connectivity index (χ2n) is 4.35. The van der Waals surface area contributed by atoms with Crippen LogP contribution < -0.4 is 0 Å². The molecule has 0 fully saturated rings. The number of alkyl halides is 3. The Morgan fingerprint density at radius 1 is 1.04 bits per heavy atom. The molecule has 0 saturated heterocycles. The summed E-state index contributed by atoms with van der Waals surface area (Å²) in [6, 6.07) is 1.30. The molecule has 0 saturated carbocycles. The van der Waals surface area contributed by atoms with E-state index in [-0.39, 0.29) is 34.6 Å². The molecule has 136 valence electrons. The van der Waals surface area contributed by atoms with Crippen molar-refractivity contribution in [2.45, 2.75) is 13.8 Å². The minimum absolute atomic E-state index is 0.0430. The number of thioether (sulfide) groups is 1. The van der Waals surface area contributed by atoms with Crippen molar-refractivity contribution >= 4 is 68.4 Å². The van der Waals surface area contributed by atoms with Crippen LogP contribution in [0.1, 0.15) is 0 Å². The van der Waals surface area contributed by atoms with E-state index in [0.29, 0.717) is 0 Å². The highest BCUT2D eigenvalue weighted by molar-refractivity contribution is 8.45. The third-order valence-electron chi connectivity index (χ3n) is 2.45. The fourth-order valence-corrected chi connectivity index (χ4v) is 4.03. The molecule has 1 aromatic carbocycles. The van der Waals surface area contributed by atoms with Crippen LogP contribution in [0.3, 0.4) is 0 Å². The fourth-order valence-electron chi connectivity index (χ4n) is 1.59. The van der Waals surface area contributed by atoms with Crippen molar-refractivity contribution < 1.29 is 23.8 Å². The minimum atomic E-state index is -9.95. The third-order valence-corrected chi connectivity index (χ3v) is 5.27. The van der Waals surface area contributed by atoms with Crippen LogP contribution in [0.5, 0.6) is 0 Å². The van der Waals surface area contributed by atoms with Gasteiger partial charge in [-0.25, -0.2) is 4.68 Å². The van der Waals surface area contributed by atoms with Crippen LogP contribution in [0.2, 0.25) is 10.0 Å². The largest absolute Gasteiger partial charge is 0.310 e. The Kier molecular flexibility index (Phi) is 4.57. The van der Waals surface area contributed by atoms with Gasteiger partial charge in [-0.3, -0.25) is 0 Å². The van der Waals surface area contributed by atoms with E-state index >= 15 is 0 Å². The van der Waals surface area contributed by atoms with Crippen LogP contribution in [-0.4, -0.2) is 13.7 Å². The Morgan fingerprint density at radius 2 is 1.54 bits per heavy atom. The normalized spacial score (nSPS) is 15.9. The Balaban J connectivity index is 2.51.